The number of aromatic nitrogens is 2. The highest BCUT2D eigenvalue weighted by molar-refractivity contribution is 5.92. The molecule has 3 rings (SSSR count). The van der Waals surface area contributed by atoms with E-state index in [9.17, 15) is 4.79 Å². The van der Waals surface area contributed by atoms with Gasteiger partial charge in [0.1, 0.15) is 17.3 Å². The minimum Gasteiger partial charge on any atom is -0.367 e. The molecule has 5 nitrogen and oxygen atoms in total. The molecule has 1 aliphatic carbocycles. The van der Waals surface area contributed by atoms with Crippen LogP contribution in [0.15, 0.2) is 36.4 Å². The maximum atomic E-state index is 12.4. The number of rotatable bonds is 7. The van der Waals surface area contributed by atoms with Crippen LogP contribution in [-0.2, 0) is 6.42 Å². The summed E-state index contributed by atoms with van der Waals surface area (Å²) in [4.78, 5) is 21.2. The summed E-state index contributed by atoms with van der Waals surface area (Å²) in [5, 5.41) is 6.44. The SMILES string of the molecule is Cc1nc(NC2CCCCC2)cc(C(=O)NCCCc2ccccc2)n1. The average Bonchev–Trinajstić information content (AvgIpc) is 2.66. The zero-order valence-electron chi connectivity index (χ0n) is 15.5. The van der Waals surface area contributed by atoms with Gasteiger partial charge >= 0.3 is 0 Å². The largest absolute Gasteiger partial charge is 0.367 e. The molecule has 2 aromatic rings. The van der Waals surface area contributed by atoms with E-state index in [-0.39, 0.29) is 5.91 Å². The number of nitrogens with one attached hydrogen (secondary N) is 2. The second kappa shape index (κ2) is 9.32. The summed E-state index contributed by atoms with van der Waals surface area (Å²) in [6.45, 7) is 2.47. The first-order valence-corrected chi connectivity index (χ1v) is 9.65. The van der Waals surface area contributed by atoms with Crippen molar-refractivity contribution in [3.05, 3.63) is 53.5 Å². The minimum atomic E-state index is -0.129. The first-order valence-electron chi connectivity index (χ1n) is 9.65. The number of hydrogen-bond acceptors (Lipinski definition) is 4. The monoisotopic (exact) mass is 352 g/mol. The van der Waals surface area contributed by atoms with E-state index in [2.05, 4.69) is 32.7 Å². The fourth-order valence-electron chi connectivity index (χ4n) is 3.44. The molecule has 1 saturated carbocycles. The molecule has 0 unspecified atom stereocenters. The molecule has 1 aliphatic rings. The predicted octanol–water partition coefficient (Wildman–Crippen LogP) is 3.89. The van der Waals surface area contributed by atoms with Crippen LogP contribution in [0.25, 0.3) is 0 Å². The molecule has 26 heavy (non-hydrogen) atoms. The van der Waals surface area contributed by atoms with Gasteiger partial charge in [0.15, 0.2) is 0 Å². The van der Waals surface area contributed by atoms with Crippen molar-refractivity contribution in [2.45, 2.75) is 57.9 Å². The molecule has 2 N–H and O–H groups in total. The Balaban J connectivity index is 1.51. The molecule has 1 heterocycles. The molecule has 0 atom stereocenters. The number of carbonyl (C=O) groups is 1. The van der Waals surface area contributed by atoms with Gasteiger partial charge in [-0.3, -0.25) is 4.79 Å². The summed E-state index contributed by atoms with van der Waals surface area (Å²) in [6.07, 6.45) is 8.05. The van der Waals surface area contributed by atoms with Crippen LogP contribution in [-0.4, -0.2) is 28.5 Å². The highest BCUT2D eigenvalue weighted by atomic mass is 16.1. The van der Waals surface area contributed by atoms with Crippen molar-refractivity contribution < 1.29 is 4.79 Å². The molecule has 0 spiro atoms. The number of carbonyl (C=O) groups excluding carboxylic acids is 1. The lowest BCUT2D eigenvalue weighted by Gasteiger charge is -2.23. The van der Waals surface area contributed by atoms with Crippen LogP contribution in [0.2, 0.25) is 0 Å². The Morgan fingerprint density at radius 2 is 1.88 bits per heavy atom. The van der Waals surface area contributed by atoms with Crippen LogP contribution in [0.3, 0.4) is 0 Å². The number of hydrogen-bond donors (Lipinski definition) is 2. The van der Waals surface area contributed by atoms with E-state index < -0.39 is 0 Å². The summed E-state index contributed by atoms with van der Waals surface area (Å²) in [5.41, 5.74) is 1.73. The molecule has 138 valence electrons. The fraction of sp³-hybridized carbons (Fsp3) is 0.476. The highest BCUT2D eigenvalue weighted by Gasteiger charge is 2.15. The van der Waals surface area contributed by atoms with Crippen molar-refractivity contribution in [3.8, 4) is 0 Å². The minimum absolute atomic E-state index is 0.129. The van der Waals surface area contributed by atoms with Crippen molar-refractivity contribution in [3.63, 3.8) is 0 Å². The lowest BCUT2D eigenvalue weighted by atomic mass is 9.95. The van der Waals surface area contributed by atoms with Crippen LogP contribution in [0.4, 0.5) is 5.82 Å². The van der Waals surface area contributed by atoms with Gasteiger partial charge in [-0.2, -0.15) is 0 Å². The van der Waals surface area contributed by atoms with Crippen LogP contribution in [0, 0.1) is 6.92 Å². The van der Waals surface area contributed by atoms with E-state index in [1.54, 1.807) is 6.07 Å². The predicted molar refractivity (Wildman–Crippen MR) is 104 cm³/mol. The first kappa shape index (κ1) is 18.4. The Kier molecular flexibility index (Phi) is 6.58. The van der Waals surface area contributed by atoms with Crippen molar-refractivity contribution in [1.29, 1.82) is 0 Å². The van der Waals surface area contributed by atoms with Crippen LogP contribution < -0.4 is 10.6 Å². The van der Waals surface area contributed by atoms with Crippen molar-refractivity contribution >= 4 is 11.7 Å². The summed E-state index contributed by atoms with van der Waals surface area (Å²) < 4.78 is 0. The number of benzene rings is 1. The Bertz CT molecular complexity index is 711. The standard InChI is InChI=1S/C21H28N4O/c1-16-23-19(15-20(24-16)25-18-12-6-3-7-13-18)21(26)22-14-8-11-17-9-4-2-5-10-17/h2,4-5,9-10,15,18H,3,6-8,11-14H2,1H3,(H,22,26)(H,23,24,25). The Morgan fingerprint density at radius 3 is 2.65 bits per heavy atom. The zero-order chi connectivity index (χ0) is 18.2. The zero-order valence-corrected chi connectivity index (χ0v) is 15.5. The number of aryl methyl sites for hydroxylation is 2. The molecule has 0 radical (unpaired) electrons. The van der Waals surface area contributed by atoms with Gasteiger partial charge in [0.05, 0.1) is 0 Å². The van der Waals surface area contributed by atoms with Crippen LogP contribution in [0.5, 0.6) is 0 Å². The van der Waals surface area contributed by atoms with Crippen LogP contribution in [0.1, 0.15) is 60.4 Å². The van der Waals surface area contributed by atoms with Gasteiger partial charge < -0.3 is 10.6 Å². The third kappa shape index (κ3) is 5.55. The Labute approximate surface area is 155 Å². The molecule has 1 fully saturated rings. The van der Waals surface area contributed by atoms with Crippen molar-refractivity contribution in [1.82, 2.24) is 15.3 Å². The van der Waals surface area contributed by atoms with Gasteiger partial charge in [-0.25, -0.2) is 9.97 Å². The summed E-state index contributed by atoms with van der Waals surface area (Å²) >= 11 is 0. The molecular weight excluding hydrogens is 324 g/mol. The van der Waals surface area contributed by atoms with E-state index in [0.29, 0.717) is 24.1 Å². The summed E-state index contributed by atoms with van der Waals surface area (Å²) in [6, 6.07) is 12.5. The Morgan fingerprint density at radius 1 is 1.12 bits per heavy atom. The molecular formula is C21H28N4O. The molecule has 1 amide bonds. The smallest absolute Gasteiger partial charge is 0.270 e. The van der Waals surface area contributed by atoms with E-state index in [1.165, 1.54) is 37.7 Å². The molecule has 1 aromatic heterocycles. The number of anilines is 1. The van der Waals surface area contributed by atoms with Gasteiger partial charge in [0, 0.05) is 18.7 Å². The average molecular weight is 352 g/mol. The second-order valence-corrected chi connectivity index (χ2v) is 7.01. The second-order valence-electron chi connectivity index (χ2n) is 7.01. The highest BCUT2D eigenvalue weighted by Crippen LogP contribution is 2.21. The van der Waals surface area contributed by atoms with Gasteiger partial charge in [0.2, 0.25) is 0 Å². The van der Waals surface area contributed by atoms with Crippen molar-refractivity contribution in [2.75, 3.05) is 11.9 Å². The van der Waals surface area contributed by atoms with Crippen LogP contribution >= 0.6 is 0 Å². The fourth-order valence-corrected chi connectivity index (χ4v) is 3.44. The molecule has 0 saturated heterocycles. The third-order valence-electron chi connectivity index (χ3n) is 4.80. The molecule has 0 bridgehead atoms. The van der Waals surface area contributed by atoms with E-state index in [1.807, 2.05) is 25.1 Å². The van der Waals surface area contributed by atoms with Gasteiger partial charge in [-0.05, 0) is 38.2 Å². The summed E-state index contributed by atoms with van der Waals surface area (Å²) in [5.74, 6) is 1.26. The topological polar surface area (TPSA) is 66.9 Å². The molecule has 5 heteroatoms. The summed E-state index contributed by atoms with van der Waals surface area (Å²) in [7, 11) is 0. The Hall–Kier alpha value is -2.43. The van der Waals surface area contributed by atoms with Crippen molar-refractivity contribution in [2.24, 2.45) is 0 Å². The lowest BCUT2D eigenvalue weighted by Crippen LogP contribution is -2.27. The normalized spacial score (nSPS) is 14.8. The van der Waals surface area contributed by atoms with Gasteiger partial charge in [0.25, 0.3) is 5.91 Å². The van der Waals surface area contributed by atoms with E-state index in [4.69, 9.17) is 0 Å². The quantitative estimate of drug-likeness (QED) is 0.742. The third-order valence-corrected chi connectivity index (χ3v) is 4.80. The van der Waals surface area contributed by atoms with E-state index >= 15 is 0 Å². The lowest BCUT2D eigenvalue weighted by molar-refractivity contribution is 0.0948. The maximum Gasteiger partial charge on any atom is 0.270 e. The van der Waals surface area contributed by atoms with E-state index in [0.717, 1.165) is 18.7 Å². The molecule has 0 aliphatic heterocycles. The number of nitrogens with zero attached hydrogens (tertiary/aromatic N) is 2. The maximum absolute atomic E-state index is 12.4. The van der Waals surface area contributed by atoms with Gasteiger partial charge in [-0.15, -0.1) is 0 Å². The first-order chi connectivity index (χ1) is 12.7. The molecule has 1 aromatic carbocycles. The van der Waals surface area contributed by atoms with Gasteiger partial charge in [-0.1, -0.05) is 49.6 Å². The number of amides is 1.